The van der Waals surface area contributed by atoms with Gasteiger partial charge in [-0.05, 0) is 42.5 Å². The fourth-order valence-electron chi connectivity index (χ4n) is 1.41. The van der Waals surface area contributed by atoms with Crippen LogP contribution in [0.5, 0.6) is 5.75 Å². The molecule has 0 radical (unpaired) electrons. The molecule has 0 aliphatic heterocycles. The maximum Gasteiger partial charge on any atom is 0.524 e. The van der Waals surface area contributed by atoms with Gasteiger partial charge in [0, 0.05) is 5.69 Å². The third-order valence-corrected chi connectivity index (χ3v) is 2.66. The lowest BCUT2D eigenvalue weighted by atomic mass is 10.3. The average Bonchev–Trinajstić information content (AvgIpc) is 2.36. The zero-order valence-corrected chi connectivity index (χ0v) is 11.1. The molecular formula is C12H12N3O4P. The normalized spacial score (nSPS) is 11.7. The lowest BCUT2D eigenvalue weighted by Crippen LogP contribution is -1.88. The van der Waals surface area contributed by atoms with Crippen LogP contribution in [0.4, 0.5) is 17.1 Å². The second-order valence-electron chi connectivity index (χ2n) is 3.87. The van der Waals surface area contributed by atoms with Gasteiger partial charge >= 0.3 is 7.82 Å². The van der Waals surface area contributed by atoms with Crippen LogP contribution in [0.1, 0.15) is 0 Å². The maximum absolute atomic E-state index is 10.6. The number of nitrogen functional groups attached to an aromatic ring is 1. The minimum Gasteiger partial charge on any atom is -0.404 e. The molecule has 0 spiro atoms. The molecule has 0 aliphatic carbocycles. The molecule has 0 bridgehead atoms. The van der Waals surface area contributed by atoms with E-state index in [0.717, 1.165) is 0 Å². The predicted molar refractivity (Wildman–Crippen MR) is 74.1 cm³/mol. The number of nitrogens with zero attached hydrogens (tertiary/aromatic N) is 2. The smallest absolute Gasteiger partial charge is 0.404 e. The van der Waals surface area contributed by atoms with Crippen molar-refractivity contribution < 1.29 is 18.9 Å². The van der Waals surface area contributed by atoms with E-state index in [2.05, 4.69) is 14.8 Å². The van der Waals surface area contributed by atoms with Crippen LogP contribution >= 0.6 is 7.82 Å². The SMILES string of the molecule is Nc1cccc(N=Nc2ccc(OP(=O)(O)O)cc2)c1. The van der Waals surface area contributed by atoms with Gasteiger partial charge in [0.15, 0.2) is 0 Å². The van der Waals surface area contributed by atoms with Gasteiger partial charge in [-0.1, -0.05) is 6.07 Å². The van der Waals surface area contributed by atoms with E-state index < -0.39 is 7.82 Å². The summed E-state index contributed by atoms with van der Waals surface area (Å²) in [6.07, 6.45) is 0. The number of phosphoric ester groups is 1. The Hall–Kier alpha value is -2.21. The Bertz CT molecular complexity index is 667. The Morgan fingerprint density at radius 1 is 1.00 bits per heavy atom. The minimum atomic E-state index is -4.54. The third kappa shape index (κ3) is 4.47. The van der Waals surface area contributed by atoms with Gasteiger partial charge in [0.2, 0.25) is 0 Å². The number of anilines is 1. The molecule has 0 heterocycles. The molecule has 0 fully saturated rings. The first-order valence-corrected chi connectivity index (χ1v) is 7.08. The summed E-state index contributed by atoms with van der Waals surface area (Å²) in [7, 11) is -4.54. The van der Waals surface area contributed by atoms with E-state index in [4.69, 9.17) is 15.5 Å². The Morgan fingerprint density at radius 3 is 2.25 bits per heavy atom. The molecule has 20 heavy (non-hydrogen) atoms. The molecule has 7 nitrogen and oxygen atoms in total. The Balaban J connectivity index is 2.09. The van der Waals surface area contributed by atoms with E-state index >= 15 is 0 Å². The molecule has 0 aromatic heterocycles. The van der Waals surface area contributed by atoms with Crippen molar-refractivity contribution in [1.82, 2.24) is 0 Å². The predicted octanol–water partition coefficient (Wildman–Crippen LogP) is 3.16. The standard InChI is InChI=1S/C12H12N3O4P/c13-9-2-1-3-11(8-9)15-14-10-4-6-12(7-5-10)19-20(16,17)18/h1-8H,13H2,(H2,16,17,18). The number of phosphoric acid groups is 1. The first-order chi connectivity index (χ1) is 9.42. The van der Waals surface area contributed by atoms with Gasteiger partial charge in [0.25, 0.3) is 0 Å². The van der Waals surface area contributed by atoms with Crippen LogP contribution in [0.2, 0.25) is 0 Å². The molecule has 2 aromatic rings. The highest BCUT2D eigenvalue weighted by molar-refractivity contribution is 7.46. The molecule has 0 aliphatic rings. The van der Waals surface area contributed by atoms with Gasteiger partial charge in [-0.3, -0.25) is 9.79 Å². The van der Waals surface area contributed by atoms with Crippen LogP contribution in [0.3, 0.4) is 0 Å². The van der Waals surface area contributed by atoms with Crippen molar-refractivity contribution >= 4 is 24.9 Å². The van der Waals surface area contributed by atoms with E-state index in [-0.39, 0.29) is 5.75 Å². The number of azo groups is 1. The molecule has 8 heteroatoms. The molecule has 0 saturated carbocycles. The number of nitrogens with two attached hydrogens (primary N) is 1. The van der Waals surface area contributed by atoms with Gasteiger partial charge in [0.05, 0.1) is 11.4 Å². The second kappa shape index (κ2) is 5.83. The number of rotatable bonds is 4. The van der Waals surface area contributed by atoms with Crippen molar-refractivity contribution in [2.75, 3.05) is 5.73 Å². The number of hydrogen-bond donors (Lipinski definition) is 3. The zero-order chi connectivity index (χ0) is 14.6. The van der Waals surface area contributed by atoms with E-state index in [1.807, 2.05) is 0 Å². The van der Waals surface area contributed by atoms with Gasteiger partial charge in [0.1, 0.15) is 5.75 Å². The molecular weight excluding hydrogens is 281 g/mol. The first kappa shape index (κ1) is 14.2. The van der Waals surface area contributed by atoms with E-state index in [1.54, 1.807) is 24.3 Å². The van der Waals surface area contributed by atoms with Gasteiger partial charge in [-0.25, -0.2) is 4.57 Å². The average molecular weight is 293 g/mol. The monoisotopic (exact) mass is 293 g/mol. The fraction of sp³-hybridized carbons (Fsp3) is 0. The summed E-state index contributed by atoms with van der Waals surface area (Å²) in [5, 5.41) is 7.97. The van der Waals surface area contributed by atoms with Crippen molar-refractivity contribution in [3.8, 4) is 5.75 Å². The summed E-state index contributed by atoms with van der Waals surface area (Å²) >= 11 is 0. The molecule has 0 unspecified atom stereocenters. The van der Waals surface area contributed by atoms with Crippen molar-refractivity contribution in [3.63, 3.8) is 0 Å². The lowest BCUT2D eigenvalue weighted by Gasteiger charge is -2.05. The summed E-state index contributed by atoms with van der Waals surface area (Å²) in [4.78, 5) is 17.3. The molecule has 2 rings (SSSR count). The summed E-state index contributed by atoms with van der Waals surface area (Å²) in [5.41, 5.74) is 7.33. The summed E-state index contributed by atoms with van der Waals surface area (Å²) < 4.78 is 15.1. The summed E-state index contributed by atoms with van der Waals surface area (Å²) in [6.45, 7) is 0. The third-order valence-electron chi connectivity index (χ3n) is 2.21. The number of hydrogen-bond acceptors (Lipinski definition) is 5. The molecule has 2 aromatic carbocycles. The zero-order valence-electron chi connectivity index (χ0n) is 10.2. The molecule has 0 atom stereocenters. The quantitative estimate of drug-likeness (QED) is 0.454. The second-order valence-corrected chi connectivity index (χ2v) is 5.03. The van der Waals surface area contributed by atoms with Crippen molar-refractivity contribution in [2.24, 2.45) is 10.2 Å². The van der Waals surface area contributed by atoms with Crippen LogP contribution < -0.4 is 10.3 Å². The number of benzene rings is 2. The molecule has 4 N–H and O–H groups in total. The lowest BCUT2D eigenvalue weighted by molar-refractivity contribution is 0.283. The molecule has 0 saturated heterocycles. The minimum absolute atomic E-state index is 0.0567. The van der Waals surface area contributed by atoms with E-state index in [0.29, 0.717) is 17.1 Å². The first-order valence-electron chi connectivity index (χ1n) is 5.55. The largest absolute Gasteiger partial charge is 0.524 e. The highest BCUT2D eigenvalue weighted by atomic mass is 31.2. The van der Waals surface area contributed by atoms with Gasteiger partial charge in [-0.2, -0.15) is 10.2 Å². The van der Waals surface area contributed by atoms with Gasteiger partial charge < -0.3 is 10.3 Å². The van der Waals surface area contributed by atoms with Crippen LogP contribution in [-0.2, 0) is 4.57 Å². The van der Waals surface area contributed by atoms with E-state index in [9.17, 15) is 4.57 Å². The van der Waals surface area contributed by atoms with E-state index in [1.165, 1.54) is 24.3 Å². The Morgan fingerprint density at radius 2 is 1.65 bits per heavy atom. The van der Waals surface area contributed by atoms with Crippen molar-refractivity contribution in [2.45, 2.75) is 0 Å². The Kier molecular flexibility index (Phi) is 4.14. The highest BCUT2D eigenvalue weighted by Crippen LogP contribution is 2.37. The fourth-order valence-corrected chi connectivity index (χ4v) is 1.81. The van der Waals surface area contributed by atoms with Crippen LogP contribution in [0, 0.1) is 0 Å². The molecule has 104 valence electrons. The summed E-state index contributed by atoms with van der Waals surface area (Å²) in [5.74, 6) is 0.0567. The maximum atomic E-state index is 10.6. The Labute approximate surface area is 115 Å². The van der Waals surface area contributed by atoms with Crippen molar-refractivity contribution in [3.05, 3.63) is 48.5 Å². The highest BCUT2D eigenvalue weighted by Gasteiger charge is 2.15. The van der Waals surface area contributed by atoms with Crippen LogP contribution in [0.15, 0.2) is 58.8 Å². The van der Waals surface area contributed by atoms with Gasteiger partial charge in [-0.15, -0.1) is 0 Å². The van der Waals surface area contributed by atoms with Crippen LogP contribution in [-0.4, -0.2) is 9.79 Å². The van der Waals surface area contributed by atoms with Crippen LogP contribution in [0.25, 0.3) is 0 Å². The summed E-state index contributed by atoms with van der Waals surface area (Å²) in [6, 6.07) is 12.8. The topological polar surface area (TPSA) is 118 Å². The van der Waals surface area contributed by atoms with Crippen molar-refractivity contribution in [1.29, 1.82) is 0 Å². The molecule has 0 amide bonds.